The van der Waals surface area contributed by atoms with Gasteiger partial charge >= 0.3 is 0 Å². The zero-order valence-electron chi connectivity index (χ0n) is 8.40. The van der Waals surface area contributed by atoms with Crippen LogP contribution in [0.15, 0.2) is 17.8 Å². The van der Waals surface area contributed by atoms with Crippen molar-refractivity contribution in [3.05, 3.63) is 17.8 Å². The number of halogens is 1. The first-order chi connectivity index (χ1) is 7.31. The summed E-state index contributed by atoms with van der Waals surface area (Å²) in [4.78, 5) is 8.41. The molecule has 0 amide bonds. The third-order valence-electron chi connectivity index (χ3n) is 2.12. The summed E-state index contributed by atoms with van der Waals surface area (Å²) in [6.45, 7) is 2.94. The molecule has 1 N–H and O–H groups in total. The molecular formula is C10H12ClN3S. The highest BCUT2D eigenvalue weighted by Crippen LogP contribution is 2.24. The lowest BCUT2D eigenvalue weighted by Gasteiger charge is -2.09. The standard InChI is InChI=1S/C10H12ClN3S/c1-7(4-11)5-12-10-9-8(2-3-15-9)13-6-14-10/h2-3,6-7H,4-5H2,1H3,(H,12,13,14). The second kappa shape index (κ2) is 4.77. The summed E-state index contributed by atoms with van der Waals surface area (Å²) < 4.78 is 1.11. The van der Waals surface area contributed by atoms with Crippen molar-refractivity contribution in [2.45, 2.75) is 6.92 Å². The number of thiophene rings is 1. The number of anilines is 1. The summed E-state index contributed by atoms with van der Waals surface area (Å²) in [6.07, 6.45) is 1.59. The number of nitrogens with zero attached hydrogens (tertiary/aromatic N) is 2. The lowest BCUT2D eigenvalue weighted by molar-refractivity contribution is 0.695. The van der Waals surface area contributed by atoms with Crippen molar-refractivity contribution < 1.29 is 0 Å². The molecule has 2 aromatic heterocycles. The summed E-state index contributed by atoms with van der Waals surface area (Å²) in [7, 11) is 0. The van der Waals surface area contributed by atoms with E-state index in [0.29, 0.717) is 11.8 Å². The first-order valence-corrected chi connectivity index (χ1v) is 6.20. The van der Waals surface area contributed by atoms with Gasteiger partial charge in [-0.2, -0.15) is 0 Å². The number of hydrogen-bond acceptors (Lipinski definition) is 4. The van der Waals surface area contributed by atoms with E-state index < -0.39 is 0 Å². The van der Waals surface area contributed by atoms with Crippen LogP contribution in [-0.2, 0) is 0 Å². The number of alkyl halides is 1. The van der Waals surface area contributed by atoms with Gasteiger partial charge in [-0.25, -0.2) is 9.97 Å². The van der Waals surface area contributed by atoms with Crippen LogP contribution < -0.4 is 5.32 Å². The number of fused-ring (bicyclic) bond motifs is 1. The molecule has 0 saturated heterocycles. The Morgan fingerprint density at radius 2 is 2.40 bits per heavy atom. The molecular weight excluding hydrogens is 230 g/mol. The number of hydrogen-bond donors (Lipinski definition) is 1. The second-order valence-corrected chi connectivity index (χ2v) is 4.72. The van der Waals surface area contributed by atoms with Crippen molar-refractivity contribution in [3.63, 3.8) is 0 Å². The van der Waals surface area contributed by atoms with Crippen molar-refractivity contribution in [2.75, 3.05) is 17.7 Å². The third kappa shape index (κ3) is 2.38. The Labute approximate surface area is 97.5 Å². The minimum Gasteiger partial charge on any atom is -0.368 e. The lowest BCUT2D eigenvalue weighted by Crippen LogP contribution is -2.13. The predicted octanol–water partition coefficient (Wildman–Crippen LogP) is 2.98. The van der Waals surface area contributed by atoms with E-state index in [-0.39, 0.29) is 0 Å². The van der Waals surface area contributed by atoms with Crippen molar-refractivity contribution >= 4 is 39.0 Å². The molecule has 2 aromatic rings. The fourth-order valence-electron chi connectivity index (χ4n) is 1.24. The average Bonchev–Trinajstić information content (AvgIpc) is 2.74. The van der Waals surface area contributed by atoms with Gasteiger partial charge in [-0.3, -0.25) is 0 Å². The van der Waals surface area contributed by atoms with Crippen LogP contribution in [0.2, 0.25) is 0 Å². The first kappa shape index (κ1) is 10.6. The summed E-state index contributed by atoms with van der Waals surface area (Å²) >= 11 is 7.40. The maximum Gasteiger partial charge on any atom is 0.147 e. The normalized spacial score (nSPS) is 12.9. The first-order valence-electron chi connectivity index (χ1n) is 4.79. The highest BCUT2D eigenvalue weighted by molar-refractivity contribution is 7.17. The van der Waals surface area contributed by atoms with E-state index in [2.05, 4.69) is 22.2 Å². The van der Waals surface area contributed by atoms with Crippen LogP contribution in [0.4, 0.5) is 5.82 Å². The van der Waals surface area contributed by atoms with E-state index >= 15 is 0 Å². The molecule has 0 aliphatic carbocycles. The van der Waals surface area contributed by atoms with Crippen LogP contribution >= 0.6 is 22.9 Å². The highest BCUT2D eigenvalue weighted by Gasteiger charge is 2.05. The molecule has 5 heteroatoms. The lowest BCUT2D eigenvalue weighted by atomic mass is 10.2. The van der Waals surface area contributed by atoms with Gasteiger partial charge in [0.05, 0.1) is 10.2 Å². The molecule has 0 aliphatic heterocycles. The molecule has 0 fully saturated rings. The Hall–Kier alpha value is -0.870. The van der Waals surface area contributed by atoms with E-state index in [0.717, 1.165) is 22.6 Å². The maximum absolute atomic E-state index is 5.75. The quantitative estimate of drug-likeness (QED) is 0.837. The zero-order valence-corrected chi connectivity index (χ0v) is 9.98. The molecule has 0 bridgehead atoms. The van der Waals surface area contributed by atoms with E-state index in [4.69, 9.17) is 11.6 Å². The Balaban J connectivity index is 2.17. The van der Waals surface area contributed by atoms with Crippen LogP contribution in [0.3, 0.4) is 0 Å². The van der Waals surface area contributed by atoms with Crippen LogP contribution in [0.1, 0.15) is 6.92 Å². The van der Waals surface area contributed by atoms with Gasteiger partial charge in [0.25, 0.3) is 0 Å². The molecule has 80 valence electrons. The van der Waals surface area contributed by atoms with Crippen LogP contribution in [-0.4, -0.2) is 22.4 Å². The summed E-state index contributed by atoms with van der Waals surface area (Å²) in [5, 5.41) is 5.32. The van der Waals surface area contributed by atoms with Gasteiger partial charge in [0.15, 0.2) is 0 Å². The Morgan fingerprint density at radius 1 is 1.53 bits per heavy atom. The van der Waals surface area contributed by atoms with Crippen molar-refractivity contribution in [3.8, 4) is 0 Å². The summed E-state index contributed by atoms with van der Waals surface area (Å²) in [5.41, 5.74) is 0.996. The smallest absolute Gasteiger partial charge is 0.147 e. The highest BCUT2D eigenvalue weighted by atomic mass is 35.5. The maximum atomic E-state index is 5.75. The molecule has 0 radical (unpaired) electrons. The molecule has 0 aliphatic rings. The molecule has 0 aromatic carbocycles. The predicted molar refractivity (Wildman–Crippen MR) is 65.8 cm³/mol. The molecule has 3 nitrogen and oxygen atoms in total. The molecule has 2 heterocycles. The van der Waals surface area contributed by atoms with Gasteiger partial charge in [0.2, 0.25) is 0 Å². The molecule has 15 heavy (non-hydrogen) atoms. The SMILES string of the molecule is CC(CCl)CNc1ncnc2ccsc12. The third-order valence-corrected chi connectivity index (χ3v) is 3.56. The Bertz CT molecular complexity index is 443. The fourth-order valence-corrected chi connectivity index (χ4v) is 2.16. The topological polar surface area (TPSA) is 37.8 Å². The van der Waals surface area contributed by atoms with Crippen molar-refractivity contribution in [2.24, 2.45) is 5.92 Å². The Morgan fingerprint density at radius 3 is 3.20 bits per heavy atom. The minimum atomic E-state index is 0.441. The largest absolute Gasteiger partial charge is 0.368 e. The monoisotopic (exact) mass is 241 g/mol. The van der Waals surface area contributed by atoms with E-state index in [1.54, 1.807) is 17.7 Å². The summed E-state index contributed by atoms with van der Waals surface area (Å²) in [5.74, 6) is 2.01. The molecule has 0 spiro atoms. The van der Waals surface area contributed by atoms with E-state index in [1.807, 2.05) is 11.4 Å². The summed E-state index contributed by atoms with van der Waals surface area (Å²) in [6, 6.07) is 2.00. The van der Waals surface area contributed by atoms with Crippen molar-refractivity contribution in [1.29, 1.82) is 0 Å². The Kier molecular flexibility index (Phi) is 3.38. The van der Waals surface area contributed by atoms with E-state index in [9.17, 15) is 0 Å². The van der Waals surface area contributed by atoms with Gasteiger partial charge in [-0.05, 0) is 17.4 Å². The van der Waals surface area contributed by atoms with Gasteiger partial charge < -0.3 is 5.32 Å². The van der Waals surface area contributed by atoms with Gasteiger partial charge in [0, 0.05) is 12.4 Å². The molecule has 1 unspecified atom stereocenters. The number of nitrogens with one attached hydrogen (secondary N) is 1. The van der Waals surface area contributed by atoms with Crippen molar-refractivity contribution in [1.82, 2.24) is 9.97 Å². The van der Waals surface area contributed by atoms with Gasteiger partial charge in [-0.1, -0.05) is 6.92 Å². The van der Waals surface area contributed by atoms with E-state index in [1.165, 1.54) is 0 Å². The fraction of sp³-hybridized carbons (Fsp3) is 0.400. The molecule has 1 atom stereocenters. The molecule has 0 saturated carbocycles. The molecule has 2 rings (SSSR count). The second-order valence-electron chi connectivity index (χ2n) is 3.50. The van der Waals surface area contributed by atoms with Crippen LogP contribution in [0.25, 0.3) is 10.2 Å². The van der Waals surface area contributed by atoms with Crippen LogP contribution in [0, 0.1) is 5.92 Å². The average molecular weight is 242 g/mol. The van der Waals surface area contributed by atoms with Gasteiger partial charge in [0.1, 0.15) is 12.1 Å². The number of aromatic nitrogens is 2. The zero-order chi connectivity index (χ0) is 10.7. The minimum absolute atomic E-state index is 0.441. The van der Waals surface area contributed by atoms with Gasteiger partial charge in [-0.15, -0.1) is 22.9 Å². The van der Waals surface area contributed by atoms with Crippen LogP contribution in [0.5, 0.6) is 0 Å². The number of rotatable bonds is 4.